The van der Waals surface area contributed by atoms with Gasteiger partial charge in [0.25, 0.3) is 0 Å². The molecule has 0 aliphatic rings. The van der Waals surface area contributed by atoms with Gasteiger partial charge in [-0.25, -0.2) is 4.79 Å². The number of rotatable bonds is 5. The number of hydrogen-bond donors (Lipinski definition) is 3. The van der Waals surface area contributed by atoms with E-state index < -0.39 is 23.5 Å². The largest absolute Gasteiger partial charge is 0.444 e. The molecule has 6 nitrogen and oxygen atoms in total. The third kappa shape index (κ3) is 5.93. The van der Waals surface area contributed by atoms with Gasteiger partial charge in [-0.05, 0) is 32.8 Å². The zero-order valence-corrected chi connectivity index (χ0v) is 12.5. The van der Waals surface area contributed by atoms with Gasteiger partial charge in [0.1, 0.15) is 5.60 Å². The summed E-state index contributed by atoms with van der Waals surface area (Å²) >= 11 is 0. The van der Waals surface area contributed by atoms with E-state index >= 15 is 0 Å². The fraction of sp³-hybridized carbons (Fsp3) is 0.467. The molecule has 0 fully saturated rings. The van der Waals surface area contributed by atoms with Crippen LogP contribution in [0.1, 0.15) is 26.3 Å². The van der Waals surface area contributed by atoms with Crippen molar-refractivity contribution in [1.29, 1.82) is 0 Å². The van der Waals surface area contributed by atoms with Gasteiger partial charge in [-0.2, -0.15) is 0 Å². The summed E-state index contributed by atoms with van der Waals surface area (Å²) in [6, 6.07) is 8.10. The Bertz CT molecular complexity index is 480. The SMILES string of the molecule is CC(C)(C)OC(=O)NC(Cc1ccccc1)C(N)(O)C=O. The number of aldehydes is 1. The quantitative estimate of drug-likeness (QED) is 0.555. The third-order valence-corrected chi connectivity index (χ3v) is 2.72. The molecule has 4 N–H and O–H groups in total. The van der Waals surface area contributed by atoms with Crippen LogP contribution in [0.15, 0.2) is 30.3 Å². The Hall–Kier alpha value is -1.92. The summed E-state index contributed by atoms with van der Waals surface area (Å²) in [6.07, 6.45) is -0.335. The highest BCUT2D eigenvalue weighted by atomic mass is 16.6. The number of amides is 1. The fourth-order valence-electron chi connectivity index (χ4n) is 1.71. The molecule has 1 amide bonds. The Balaban J connectivity index is 2.84. The van der Waals surface area contributed by atoms with E-state index in [1.807, 2.05) is 30.3 Å². The summed E-state index contributed by atoms with van der Waals surface area (Å²) in [5, 5.41) is 12.4. The van der Waals surface area contributed by atoms with Gasteiger partial charge in [0.05, 0.1) is 6.04 Å². The number of carbonyl (C=O) groups excluding carboxylic acids is 2. The first-order chi connectivity index (χ1) is 9.64. The van der Waals surface area contributed by atoms with E-state index in [2.05, 4.69) is 5.32 Å². The Morgan fingerprint density at radius 1 is 1.38 bits per heavy atom. The highest BCUT2D eigenvalue weighted by molar-refractivity contribution is 5.71. The van der Waals surface area contributed by atoms with Crippen molar-refractivity contribution in [2.24, 2.45) is 5.73 Å². The van der Waals surface area contributed by atoms with Crippen molar-refractivity contribution in [3.8, 4) is 0 Å². The minimum atomic E-state index is -2.17. The third-order valence-electron chi connectivity index (χ3n) is 2.72. The predicted octanol–water partition coefficient (Wildman–Crippen LogP) is 0.969. The molecule has 2 atom stereocenters. The first kappa shape index (κ1) is 17.1. The number of alkyl carbamates (subject to hydrolysis) is 1. The summed E-state index contributed by atoms with van der Waals surface area (Å²) in [5.74, 6) is 0. The highest BCUT2D eigenvalue weighted by Gasteiger charge is 2.35. The van der Waals surface area contributed by atoms with Crippen LogP contribution in [0, 0.1) is 0 Å². The van der Waals surface area contributed by atoms with Crippen LogP contribution in [-0.4, -0.2) is 34.9 Å². The van der Waals surface area contributed by atoms with Crippen molar-refractivity contribution in [2.45, 2.75) is 44.6 Å². The van der Waals surface area contributed by atoms with Crippen LogP contribution in [0.4, 0.5) is 4.79 Å². The molecule has 0 aliphatic carbocycles. The van der Waals surface area contributed by atoms with E-state index in [0.29, 0.717) is 0 Å². The summed E-state index contributed by atoms with van der Waals surface area (Å²) in [4.78, 5) is 22.8. The Labute approximate surface area is 124 Å². The van der Waals surface area contributed by atoms with Crippen molar-refractivity contribution in [1.82, 2.24) is 5.32 Å². The molecule has 0 aliphatic heterocycles. The van der Waals surface area contributed by atoms with Crippen molar-refractivity contribution < 1.29 is 19.4 Å². The van der Waals surface area contributed by atoms with Gasteiger partial charge in [0, 0.05) is 0 Å². The predicted molar refractivity (Wildman–Crippen MR) is 78.5 cm³/mol. The number of benzene rings is 1. The molecule has 0 spiro atoms. The molecular formula is C15H22N2O4. The molecule has 0 saturated carbocycles. The van der Waals surface area contributed by atoms with Crippen LogP contribution >= 0.6 is 0 Å². The Kier molecular flexibility index (Phi) is 5.46. The molecule has 116 valence electrons. The van der Waals surface area contributed by atoms with Crippen LogP contribution in [-0.2, 0) is 16.0 Å². The summed E-state index contributed by atoms with van der Waals surface area (Å²) < 4.78 is 5.11. The van der Waals surface area contributed by atoms with Gasteiger partial charge in [-0.15, -0.1) is 0 Å². The van der Waals surface area contributed by atoms with Crippen molar-refractivity contribution in [3.63, 3.8) is 0 Å². The first-order valence-electron chi connectivity index (χ1n) is 6.65. The van der Waals surface area contributed by atoms with Crippen molar-refractivity contribution >= 4 is 12.4 Å². The molecule has 0 aromatic heterocycles. The fourth-order valence-corrected chi connectivity index (χ4v) is 1.71. The van der Waals surface area contributed by atoms with E-state index in [0.717, 1.165) is 5.56 Å². The minimum absolute atomic E-state index is 0.200. The van der Waals surface area contributed by atoms with Gasteiger partial charge in [0.15, 0.2) is 12.0 Å². The molecule has 0 saturated heterocycles. The van der Waals surface area contributed by atoms with Gasteiger partial charge in [-0.3, -0.25) is 10.5 Å². The average Bonchev–Trinajstić information content (AvgIpc) is 2.37. The smallest absolute Gasteiger partial charge is 0.408 e. The van der Waals surface area contributed by atoms with Crippen LogP contribution in [0.3, 0.4) is 0 Å². The highest BCUT2D eigenvalue weighted by Crippen LogP contribution is 2.12. The second-order valence-electron chi connectivity index (χ2n) is 5.89. The van der Waals surface area contributed by atoms with Gasteiger partial charge in [0.2, 0.25) is 0 Å². The molecule has 0 heterocycles. The second-order valence-corrected chi connectivity index (χ2v) is 5.89. The zero-order chi connectivity index (χ0) is 16.1. The lowest BCUT2D eigenvalue weighted by atomic mass is 9.98. The van der Waals surface area contributed by atoms with Crippen LogP contribution in [0.25, 0.3) is 0 Å². The normalized spacial score (nSPS) is 15.7. The molecule has 2 unspecified atom stereocenters. The number of carbonyl (C=O) groups is 2. The molecule has 0 radical (unpaired) electrons. The lowest BCUT2D eigenvalue weighted by molar-refractivity contribution is -0.126. The van der Waals surface area contributed by atoms with Gasteiger partial charge < -0.3 is 15.2 Å². The topological polar surface area (TPSA) is 102 Å². The zero-order valence-electron chi connectivity index (χ0n) is 12.5. The maximum atomic E-state index is 11.8. The van der Waals surface area contributed by atoms with Crippen LogP contribution < -0.4 is 11.1 Å². The van der Waals surface area contributed by atoms with E-state index in [-0.39, 0.29) is 12.7 Å². The summed E-state index contributed by atoms with van der Waals surface area (Å²) in [7, 11) is 0. The number of nitrogens with one attached hydrogen (secondary N) is 1. The van der Waals surface area contributed by atoms with Gasteiger partial charge in [-0.1, -0.05) is 30.3 Å². The molecule has 1 aromatic rings. The molecule has 0 bridgehead atoms. The second kappa shape index (κ2) is 6.69. The monoisotopic (exact) mass is 294 g/mol. The molecule has 1 aromatic carbocycles. The number of nitrogens with two attached hydrogens (primary N) is 1. The molecule has 21 heavy (non-hydrogen) atoms. The van der Waals surface area contributed by atoms with Crippen molar-refractivity contribution in [3.05, 3.63) is 35.9 Å². The molecule has 1 rings (SSSR count). The minimum Gasteiger partial charge on any atom is -0.444 e. The summed E-state index contributed by atoms with van der Waals surface area (Å²) in [6.45, 7) is 5.15. The number of hydrogen-bond acceptors (Lipinski definition) is 5. The van der Waals surface area contributed by atoms with Crippen LogP contribution in [0.2, 0.25) is 0 Å². The number of aliphatic hydroxyl groups is 1. The summed E-state index contributed by atoms with van der Waals surface area (Å²) in [5.41, 5.74) is 3.50. The lowest BCUT2D eigenvalue weighted by Gasteiger charge is -2.30. The Morgan fingerprint density at radius 2 is 1.95 bits per heavy atom. The van der Waals surface area contributed by atoms with Crippen molar-refractivity contribution in [2.75, 3.05) is 0 Å². The van der Waals surface area contributed by atoms with E-state index in [1.54, 1.807) is 20.8 Å². The first-order valence-corrected chi connectivity index (χ1v) is 6.65. The molecular weight excluding hydrogens is 272 g/mol. The maximum absolute atomic E-state index is 11.8. The van der Waals surface area contributed by atoms with E-state index in [9.17, 15) is 14.7 Å². The lowest BCUT2D eigenvalue weighted by Crippen LogP contribution is -2.61. The number of ether oxygens (including phenoxy) is 1. The Morgan fingerprint density at radius 3 is 2.43 bits per heavy atom. The molecule has 6 heteroatoms. The van der Waals surface area contributed by atoms with E-state index in [1.165, 1.54) is 0 Å². The maximum Gasteiger partial charge on any atom is 0.408 e. The van der Waals surface area contributed by atoms with Crippen LogP contribution in [0.5, 0.6) is 0 Å². The van der Waals surface area contributed by atoms with E-state index in [4.69, 9.17) is 10.5 Å². The van der Waals surface area contributed by atoms with Gasteiger partial charge >= 0.3 is 6.09 Å². The standard InChI is InChI=1S/C15H22N2O4/c1-14(2,3)21-13(19)17-12(15(16,20)10-18)9-11-7-5-4-6-8-11/h4-8,10,12,20H,9,16H2,1-3H3,(H,17,19). The average molecular weight is 294 g/mol.